The first kappa shape index (κ1) is 21.3. The molecule has 0 aromatic carbocycles. The Morgan fingerprint density at radius 2 is 1.45 bits per heavy atom. The number of carbonyl (C=O) groups is 1. The maximum atomic E-state index is 11.8. The summed E-state index contributed by atoms with van der Waals surface area (Å²) in [6, 6.07) is 0. The Labute approximate surface area is 138 Å². The molecule has 0 spiro atoms. The van der Waals surface area contributed by atoms with Crippen molar-refractivity contribution in [1.29, 1.82) is 0 Å². The molecule has 3 nitrogen and oxygen atoms in total. The highest BCUT2D eigenvalue weighted by Gasteiger charge is 2.16. The molecule has 0 bridgehead atoms. The summed E-state index contributed by atoms with van der Waals surface area (Å²) in [7, 11) is 1.83. The molecule has 0 unspecified atom stereocenters. The van der Waals surface area contributed by atoms with Crippen LogP contribution < -0.4 is 0 Å². The summed E-state index contributed by atoms with van der Waals surface area (Å²) in [5.74, 6) is 0.841. The Kier molecular flexibility index (Phi) is 11.4. The van der Waals surface area contributed by atoms with E-state index in [1.54, 1.807) is 4.90 Å². The van der Waals surface area contributed by atoms with Crippen LogP contribution >= 0.6 is 0 Å². The third kappa shape index (κ3) is 14.2. The van der Waals surface area contributed by atoms with E-state index in [9.17, 15) is 4.79 Å². The molecule has 0 aromatic rings. The molecule has 0 fully saturated rings. The van der Waals surface area contributed by atoms with E-state index in [4.69, 9.17) is 4.74 Å². The lowest BCUT2D eigenvalue weighted by molar-refractivity contribution is 0.0783. The normalized spacial score (nSPS) is 11.8. The molecule has 1 amide bonds. The first-order chi connectivity index (χ1) is 10.2. The van der Waals surface area contributed by atoms with Crippen molar-refractivity contribution >= 4 is 6.09 Å². The van der Waals surface area contributed by atoms with Gasteiger partial charge in [-0.05, 0) is 17.8 Å². The zero-order valence-corrected chi connectivity index (χ0v) is 15.9. The van der Waals surface area contributed by atoms with Gasteiger partial charge in [0.25, 0.3) is 0 Å². The number of rotatable bonds is 11. The molecule has 0 radical (unpaired) electrons. The second-order valence-corrected chi connectivity index (χ2v) is 8.19. The zero-order chi connectivity index (χ0) is 17.0. The summed E-state index contributed by atoms with van der Waals surface area (Å²) in [5.41, 5.74) is 0.0338. The van der Waals surface area contributed by atoms with Gasteiger partial charge in [-0.1, -0.05) is 79.6 Å². The van der Waals surface area contributed by atoms with Gasteiger partial charge in [0.1, 0.15) is 0 Å². The van der Waals surface area contributed by atoms with Gasteiger partial charge in [-0.3, -0.25) is 0 Å². The van der Waals surface area contributed by atoms with Crippen molar-refractivity contribution < 1.29 is 9.53 Å². The Hall–Kier alpha value is -0.730. The Bertz CT molecular complexity index is 282. The number of hydrogen-bond donors (Lipinski definition) is 0. The first-order valence-corrected chi connectivity index (χ1v) is 9.10. The van der Waals surface area contributed by atoms with Crippen LogP contribution in [0.25, 0.3) is 0 Å². The molecule has 0 heterocycles. The van der Waals surface area contributed by atoms with E-state index in [2.05, 4.69) is 34.6 Å². The van der Waals surface area contributed by atoms with E-state index in [-0.39, 0.29) is 11.5 Å². The van der Waals surface area contributed by atoms with Crippen molar-refractivity contribution in [3.8, 4) is 0 Å². The van der Waals surface area contributed by atoms with Crippen molar-refractivity contribution in [3.63, 3.8) is 0 Å². The first-order valence-electron chi connectivity index (χ1n) is 9.10. The summed E-state index contributed by atoms with van der Waals surface area (Å²) < 4.78 is 5.30. The smallest absolute Gasteiger partial charge is 0.409 e. The molecule has 0 atom stereocenters. The van der Waals surface area contributed by atoms with E-state index in [1.165, 1.54) is 44.9 Å². The molecule has 132 valence electrons. The second kappa shape index (κ2) is 11.8. The molecule has 0 N–H and O–H groups in total. The van der Waals surface area contributed by atoms with E-state index < -0.39 is 0 Å². The van der Waals surface area contributed by atoms with Gasteiger partial charge in [0.05, 0.1) is 6.61 Å². The number of hydrogen-bond acceptors (Lipinski definition) is 2. The van der Waals surface area contributed by atoms with E-state index in [0.717, 1.165) is 18.9 Å². The minimum absolute atomic E-state index is 0.0338. The number of amides is 1. The highest BCUT2D eigenvalue weighted by atomic mass is 16.6. The Balaban J connectivity index is 3.45. The molecule has 0 saturated carbocycles. The van der Waals surface area contributed by atoms with E-state index >= 15 is 0 Å². The van der Waals surface area contributed by atoms with Gasteiger partial charge in [0, 0.05) is 13.6 Å². The van der Waals surface area contributed by atoms with Crippen LogP contribution in [0, 0.1) is 11.3 Å². The fraction of sp³-hybridized carbons (Fsp3) is 0.947. The SMILES string of the molecule is CC(C)CCCCCCCCCN(C)C(=O)OCC(C)(C)C. The highest BCUT2D eigenvalue weighted by Crippen LogP contribution is 2.14. The number of unbranched alkanes of at least 4 members (excludes halogenated alkanes) is 6. The van der Waals surface area contributed by atoms with Gasteiger partial charge < -0.3 is 9.64 Å². The Morgan fingerprint density at radius 1 is 0.955 bits per heavy atom. The minimum Gasteiger partial charge on any atom is -0.449 e. The van der Waals surface area contributed by atoms with Crippen LogP contribution in [0.4, 0.5) is 4.79 Å². The van der Waals surface area contributed by atoms with Gasteiger partial charge in [-0.15, -0.1) is 0 Å². The zero-order valence-electron chi connectivity index (χ0n) is 15.9. The predicted octanol–water partition coefficient (Wildman–Crippen LogP) is 5.88. The Morgan fingerprint density at radius 3 is 1.95 bits per heavy atom. The third-order valence-electron chi connectivity index (χ3n) is 3.72. The molecule has 3 heteroatoms. The topological polar surface area (TPSA) is 29.5 Å². The van der Waals surface area contributed by atoms with Gasteiger partial charge >= 0.3 is 6.09 Å². The van der Waals surface area contributed by atoms with Crippen LogP contribution in [-0.4, -0.2) is 31.2 Å². The minimum atomic E-state index is -0.191. The van der Waals surface area contributed by atoms with Gasteiger partial charge in [0.15, 0.2) is 0 Å². The molecule has 0 aliphatic rings. The molecule has 0 aliphatic heterocycles. The van der Waals surface area contributed by atoms with Crippen LogP contribution in [-0.2, 0) is 4.74 Å². The average Bonchev–Trinajstić information content (AvgIpc) is 2.41. The maximum Gasteiger partial charge on any atom is 0.409 e. The third-order valence-corrected chi connectivity index (χ3v) is 3.72. The summed E-state index contributed by atoms with van der Waals surface area (Å²) >= 11 is 0. The fourth-order valence-corrected chi connectivity index (χ4v) is 2.27. The summed E-state index contributed by atoms with van der Waals surface area (Å²) in [4.78, 5) is 13.5. The second-order valence-electron chi connectivity index (χ2n) is 8.19. The van der Waals surface area contributed by atoms with Crippen LogP contribution in [0.1, 0.15) is 86.0 Å². The van der Waals surface area contributed by atoms with Gasteiger partial charge in [0.2, 0.25) is 0 Å². The lowest BCUT2D eigenvalue weighted by Crippen LogP contribution is -2.31. The molecule has 0 saturated heterocycles. The molecular formula is C19H39NO2. The monoisotopic (exact) mass is 313 g/mol. The standard InChI is InChI=1S/C19H39NO2/c1-17(2)14-12-10-8-7-9-11-13-15-20(6)18(21)22-16-19(3,4)5/h17H,7-16H2,1-6H3. The van der Waals surface area contributed by atoms with Crippen molar-refractivity contribution in [2.75, 3.05) is 20.2 Å². The summed E-state index contributed by atoms with van der Waals surface area (Å²) in [6.45, 7) is 12.1. The number of carbonyl (C=O) groups excluding carboxylic acids is 1. The molecule has 22 heavy (non-hydrogen) atoms. The largest absolute Gasteiger partial charge is 0.449 e. The van der Waals surface area contributed by atoms with Crippen LogP contribution in [0.15, 0.2) is 0 Å². The molecule has 0 aromatic heterocycles. The van der Waals surface area contributed by atoms with E-state index in [0.29, 0.717) is 6.61 Å². The van der Waals surface area contributed by atoms with Gasteiger partial charge in [-0.25, -0.2) is 4.79 Å². The highest BCUT2D eigenvalue weighted by molar-refractivity contribution is 5.67. The number of ether oxygens (including phenoxy) is 1. The van der Waals surface area contributed by atoms with Crippen molar-refractivity contribution in [1.82, 2.24) is 4.90 Å². The number of nitrogens with zero attached hydrogens (tertiary/aromatic N) is 1. The summed E-state index contributed by atoms with van der Waals surface area (Å²) in [5, 5.41) is 0. The van der Waals surface area contributed by atoms with Crippen molar-refractivity contribution in [2.24, 2.45) is 11.3 Å². The lowest BCUT2D eigenvalue weighted by Gasteiger charge is -2.22. The quantitative estimate of drug-likeness (QED) is 0.446. The lowest BCUT2D eigenvalue weighted by atomic mass is 9.99. The van der Waals surface area contributed by atoms with E-state index in [1.807, 2.05) is 7.05 Å². The summed E-state index contributed by atoms with van der Waals surface area (Å²) in [6.07, 6.45) is 10.2. The maximum absolute atomic E-state index is 11.8. The molecule has 0 aliphatic carbocycles. The van der Waals surface area contributed by atoms with Crippen molar-refractivity contribution in [3.05, 3.63) is 0 Å². The molecule has 0 rings (SSSR count). The van der Waals surface area contributed by atoms with Gasteiger partial charge in [-0.2, -0.15) is 0 Å². The predicted molar refractivity (Wildman–Crippen MR) is 95.2 cm³/mol. The molecular weight excluding hydrogens is 274 g/mol. The van der Waals surface area contributed by atoms with Crippen LogP contribution in [0.2, 0.25) is 0 Å². The van der Waals surface area contributed by atoms with Crippen molar-refractivity contribution in [2.45, 2.75) is 86.0 Å². The average molecular weight is 314 g/mol. The van der Waals surface area contributed by atoms with Crippen LogP contribution in [0.3, 0.4) is 0 Å². The van der Waals surface area contributed by atoms with Crippen LogP contribution in [0.5, 0.6) is 0 Å². The fourth-order valence-electron chi connectivity index (χ4n) is 2.27.